The smallest absolute Gasteiger partial charge is 0.228 e. The molecule has 3 aromatic rings. The van der Waals surface area contributed by atoms with Gasteiger partial charge in [0.2, 0.25) is 17.6 Å². The second-order valence-corrected chi connectivity index (χ2v) is 6.86. The molecule has 0 unspecified atom stereocenters. The van der Waals surface area contributed by atoms with Crippen LogP contribution in [0.1, 0.15) is 26.2 Å². The molecule has 0 aliphatic heterocycles. The molecule has 0 aliphatic rings. The molecule has 0 fully saturated rings. The number of aromatic nitrogens is 3. The highest BCUT2D eigenvalue weighted by molar-refractivity contribution is 9.10. The molecule has 0 spiro atoms. The summed E-state index contributed by atoms with van der Waals surface area (Å²) in [5.41, 5.74) is 0.832. The van der Waals surface area contributed by atoms with Gasteiger partial charge >= 0.3 is 0 Å². The van der Waals surface area contributed by atoms with Crippen molar-refractivity contribution in [3.05, 3.63) is 53.0 Å². The first kappa shape index (κ1) is 20.0. The molecule has 0 atom stereocenters. The monoisotopic (exact) mass is 444 g/mol. The molecule has 146 valence electrons. The van der Waals surface area contributed by atoms with E-state index in [0.29, 0.717) is 37.1 Å². The number of benzene rings is 1. The molecule has 7 nitrogen and oxygen atoms in total. The third kappa shape index (κ3) is 4.95. The highest BCUT2D eigenvalue weighted by Gasteiger charge is 2.17. The van der Waals surface area contributed by atoms with Crippen LogP contribution in [-0.4, -0.2) is 34.2 Å². The van der Waals surface area contributed by atoms with Crippen LogP contribution in [0.25, 0.3) is 11.4 Å². The summed E-state index contributed by atoms with van der Waals surface area (Å²) in [6.45, 7) is 5.00. The Balaban J connectivity index is 1.61. The number of pyridine rings is 1. The minimum atomic E-state index is -0.0434. The van der Waals surface area contributed by atoms with Gasteiger partial charge in [0, 0.05) is 35.6 Å². The Bertz CT molecular complexity index is 910. The van der Waals surface area contributed by atoms with Crippen LogP contribution >= 0.6 is 15.9 Å². The lowest BCUT2D eigenvalue weighted by atomic mass is 10.2. The first-order valence-corrected chi connectivity index (χ1v) is 9.87. The Morgan fingerprint density at radius 3 is 2.61 bits per heavy atom. The van der Waals surface area contributed by atoms with Crippen molar-refractivity contribution in [3.63, 3.8) is 0 Å². The van der Waals surface area contributed by atoms with E-state index in [-0.39, 0.29) is 12.3 Å². The highest BCUT2D eigenvalue weighted by atomic mass is 79.9. The van der Waals surface area contributed by atoms with E-state index in [1.165, 1.54) is 0 Å². The summed E-state index contributed by atoms with van der Waals surface area (Å²) in [6.07, 6.45) is 2.30. The van der Waals surface area contributed by atoms with E-state index in [2.05, 4.69) is 31.1 Å². The van der Waals surface area contributed by atoms with E-state index in [4.69, 9.17) is 9.26 Å². The molecule has 0 saturated carbocycles. The molecule has 0 saturated heterocycles. The van der Waals surface area contributed by atoms with Crippen molar-refractivity contribution in [1.82, 2.24) is 15.1 Å². The predicted octanol–water partition coefficient (Wildman–Crippen LogP) is 4.28. The molecule has 2 heterocycles. The molecule has 3 rings (SSSR count). The van der Waals surface area contributed by atoms with Crippen molar-refractivity contribution in [3.8, 4) is 17.1 Å². The fourth-order valence-electron chi connectivity index (χ4n) is 2.68. The van der Waals surface area contributed by atoms with Gasteiger partial charge in [-0.05, 0) is 66.2 Å². The highest BCUT2D eigenvalue weighted by Crippen LogP contribution is 2.21. The zero-order valence-electron chi connectivity index (χ0n) is 15.8. The maximum Gasteiger partial charge on any atom is 0.228 e. The number of rotatable bonds is 8. The number of amides is 1. The Hall–Kier alpha value is -2.74. The Morgan fingerprint density at radius 2 is 1.96 bits per heavy atom. The van der Waals surface area contributed by atoms with Gasteiger partial charge < -0.3 is 9.26 Å². The molecule has 1 aromatic carbocycles. The van der Waals surface area contributed by atoms with Crippen molar-refractivity contribution in [2.24, 2.45) is 0 Å². The van der Waals surface area contributed by atoms with Crippen LogP contribution in [-0.2, 0) is 11.2 Å². The van der Waals surface area contributed by atoms with Crippen LogP contribution < -0.4 is 9.64 Å². The first-order valence-electron chi connectivity index (χ1n) is 9.08. The molecular formula is C20H21BrN4O3. The minimum Gasteiger partial charge on any atom is -0.494 e. The average Bonchev–Trinajstić information content (AvgIpc) is 3.18. The average molecular weight is 445 g/mol. The van der Waals surface area contributed by atoms with Crippen LogP contribution in [0.2, 0.25) is 0 Å². The molecule has 0 radical (unpaired) electrons. The fraction of sp³-hybridized carbons (Fsp3) is 0.300. The van der Waals surface area contributed by atoms with Crippen LogP contribution in [0.15, 0.2) is 51.6 Å². The zero-order chi connectivity index (χ0) is 19.9. The molecule has 0 N–H and O–H groups in total. The van der Waals surface area contributed by atoms with Crippen molar-refractivity contribution in [2.45, 2.75) is 26.7 Å². The van der Waals surface area contributed by atoms with E-state index in [9.17, 15) is 4.79 Å². The summed E-state index contributed by atoms with van der Waals surface area (Å²) >= 11 is 3.35. The summed E-state index contributed by atoms with van der Waals surface area (Å²) < 4.78 is 11.6. The largest absolute Gasteiger partial charge is 0.494 e. The quantitative estimate of drug-likeness (QED) is 0.515. The van der Waals surface area contributed by atoms with E-state index in [1.807, 2.05) is 50.2 Å². The number of halogens is 1. The first-order chi connectivity index (χ1) is 13.6. The zero-order valence-corrected chi connectivity index (χ0v) is 17.3. The van der Waals surface area contributed by atoms with Gasteiger partial charge in [-0.3, -0.25) is 9.69 Å². The molecule has 28 heavy (non-hydrogen) atoms. The molecule has 8 heteroatoms. The third-order valence-corrected chi connectivity index (χ3v) is 4.52. The Labute approximate surface area is 171 Å². The second-order valence-electron chi connectivity index (χ2n) is 5.94. The number of carbonyl (C=O) groups is 1. The van der Waals surface area contributed by atoms with E-state index < -0.39 is 0 Å². The number of ether oxygens (including phenoxy) is 1. The summed E-state index contributed by atoms with van der Waals surface area (Å²) in [4.78, 5) is 22.9. The summed E-state index contributed by atoms with van der Waals surface area (Å²) in [6, 6.07) is 11.2. The summed E-state index contributed by atoms with van der Waals surface area (Å²) in [5.74, 6) is 2.29. The molecule has 0 bridgehead atoms. The van der Waals surface area contributed by atoms with Crippen LogP contribution in [0.3, 0.4) is 0 Å². The van der Waals surface area contributed by atoms with Gasteiger partial charge in [-0.1, -0.05) is 5.16 Å². The van der Waals surface area contributed by atoms with Gasteiger partial charge in [0.1, 0.15) is 11.6 Å². The molecular weight excluding hydrogens is 424 g/mol. The minimum absolute atomic E-state index is 0.0434. The van der Waals surface area contributed by atoms with Crippen molar-refractivity contribution >= 4 is 27.7 Å². The topological polar surface area (TPSA) is 81.4 Å². The lowest BCUT2D eigenvalue weighted by Gasteiger charge is -2.19. The van der Waals surface area contributed by atoms with Crippen LogP contribution in [0.5, 0.6) is 5.75 Å². The predicted molar refractivity (Wildman–Crippen MR) is 109 cm³/mol. The van der Waals surface area contributed by atoms with Gasteiger partial charge in [-0.2, -0.15) is 4.98 Å². The maximum atomic E-state index is 12.6. The lowest BCUT2D eigenvalue weighted by Crippen LogP contribution is -2.31. The molecule has 1 amide bonds. The second kappa shape index (κ2) is 9.45. The maximum absolute atomic E-state index is 12.6. The van der Waals surface area contributed by atoms with Gasteiger partial charge in [0.15, 0.2) is 0 Å². The van der Waals surface area contributed by atoms with Gasteiger partial charge in [-0.25, -0.2) is 4.98 Å². The summed E-state index contributed by atoms with van der Waals surface area (Å²) in [5, 5.41) is 4.00. The normalized spacial score (nSPS) is 10.7. The Morgan fingerprint density at radius 1 is 1.18 bits per heavy atom. The van der Waals surface area contributed by atoms with Crippen molar-refractivity contribution in [2.75, 3.05) is 18.1 Å². The lowest BCUT2D eigenvalue weighted by molar-refractivity contribution is -0.118. The van der Waals surface area contributed by atoms with E-state index in [0.717, 1.165) is 15.8 Å². The number of anilines is 1. The third-order valence-electron chi connectivity index (χ3n) is 4.05. The summed E-state index contributed by atoms with van der Waals surface area (Å²) in [7, 11) is 0. The number of hydrogen-bond donors (Lipinski definition) is 0. The number of aryl methyl sites for hydroxylation is 1. The standard InChI is InChI=1S/C20H21BrN4O3/c1-3-25(17-10-7-15(21)13-22-17)19(26)12-11-18-23-20(24-28-18)14-5-8-16(9-6-14)27-4-2/h5-10,13H,3-4,11-12H2,1-2H3. The van der Waals surface area contributed by atoms with Crippen LogP contribution in [0, 0.1) is 0 Å². The Kier molecular flexibility index (Phi) is 6.76. The van der Waals surface area contributed by atoms with Gasteiger partial charge in [-0.15, -0.1) is 0 Å². The van der Waals surface area contributed by atoms with Gasteiger partial charge in [0.05, 0.1) is 6.61 Å². The fourth-order valence-corrected chi connectivity index (χ4v) is 2.92. The van der Waals surface area contributed by atoms with Crippen molar-refractivity contribution in [1.29, 1.82) is 0 Å². The molecule has 0 aliphatic carbocycles. The van der Waals surface area contributed by atoms with E-state index in [1.54, 1.807) is 11.1 Å². The molecule has 2 aromatic heterocycles. The number of carbonyl (C=O) groups excluding carboxylic acids is 1. The van der Waals surface area contributed by atoms with Gasteiger partial charge in [0.25, 0.3) is 0 Å². The number of nitrogens with zero attached hydrogens (tertiary/aromatic N) is 4. The van der Waals surface area contributed by atoms with Crippen LogP contribution in [0.4, 0.5) is 5.82 Å². The van der Waals surface area contributed by atoms with Crippen molar-refractivity contribution < 1.29 is 14.1 Å². The number of hydrogen-bond acceptors (Lipinski definition) is 6. The SMILES string of the molecule is CCOc1ccc(-c2noc(CCC(=O)N(CC)c3ccc(Br)cn3)n2)cc1. The van der Waals surface area contributed by atoms with E-state index >= 15 is 0 Å².